The van der Waals surface area contributed by atoms with E-state index in [0.717, 1.165) is 46.5 Å². The number of fused-ring (bicyclic) bond motifs is 5. The molecule has 0 bridgehead atoms. The molecule has 0 saturated carbocycles. The summed E-state index contributed by atoms with van der Waals surface area (Å²) in [5.41, 5.74) is 4.20. The predicted octanol–water partition coefficient (Wildman–Crippen LogP) is 3.55. The number of thiophene rings is 1. The highest BCUT2D eigenvalue weighted by atomic mass is 35.5. The molecule has 0 aliphatic carbocycles. The van der Waals surface area contributed by atoms with Gasteiger partial charge in [0.05, 0.1) is 12.3 Å². The minimum Gasteiger partial charge on any atom is -0.337 e. The molecule has 1 amide bonds. The van der Waals surface area contributed by atoms with Gasteiger partial charge in [0.2, 0.25) is 5.91 Å². The summed E-state index contributed by atoms with van der Waals surface area (Å²) in [5.74, 6) is 1.77. The maximum Gasteiger partial charge on any atom is 0.219 e. The molecule has 3 aromatic rings. The molecule has 0 unspecified atom stereocenters. The highest BCUT2D eigenvalue weighted by molar-refractivity contribution is 7.15. The number of benzene rings is 1. The average molecular weight is 412 g/mol. The maximum absolute atomic E-state index is 11.9. The molecule has 0 radical (unpaired) electrons. The summed E-state index contributed by atoms with van der Waals surface area (Å²) >= 11 is 8.25. The van der Waals surface area contributed by atoms with Crippen molar-refractivity contribution in [3.63, 3.8) is 0 Å². The van der Waals surface area contributed by atoms with Gasteiger partial charge >= 0.3 is 0 Å². The fourth-order valence-electron chi connectivity index (χ4n) is 3.93. The standard InChI is InChI=1S/C20H18ClN5OS/c1-11-23-24-17-9-22-19(13-5-3-4-6-15(13)21)18-14-7-8-25(12(2)27)10-16(14)28-20(18)26(11)17/h3-6H,7-10H2,1-2H3. The Balaban J connectivity index is 1.76. The zero-order chi connectivity index (χ0) is 19.4. The smallest absolute Gasteiger partial charge is 0.219 e. The lowest BCUT2D eigenvalue weighted by atomic mass is 9.95. The van der Waals surface area contributed by atoms with Crippen LogP contribution in [0.15, 0.2) is 29.3 Å². The first-order valence-electron chi connectivity index (χ1n) is 9.15. The van der Waals surface area contributed by atoms with Crippen molar-refractivity contribution in [3.8, 4) is 5.00 Å². The topological polar surface area (TPSA) is 63.4 Å². The number of hydrogen-bond acceptors (Lipinski definition) is 5. The van der Waals surface area contributed by atoms with Gasteiger partial charge < -0.3 is 4.90 Å². The van der Waals surface area contributed by atoms with E-state index in [1.807, 2.05) is 36.1 Å². The van der Waals surface area contributed by atoms with Crippen molar-refractivity contribution in [1.82, 2.24) is 19.7 Å². The van der Waals surface area contributed by atoms with Crippen molar-refractivity contribution in [1.29, 1.82) is 0 Å². The molecule has 2 aromatic heterocycles. The van der Waals surface area contributed by atoms with E-state index in [0.29, 0.717) is 18.1 Å². The van der Waals surface area contributed by atoms with Gasteiger partial charge in [-0.05, 0) is 25.0 Å². The third-order valence-corrected chi connectivity index (χ3v) is 6.85. The highest BCUT2D eigenvalue weighted by Gasteiger charge is 2.32. The Hall–Kier alpha value is -2.51. The van der Waals surface area contributed by atoms with Crippen LogP contribution in [0.3, 0.4) is 0 Å². The van der Waals surface area contributed by atoms with Crippen LogP contribution in [0.25, 0.3) is 5.00 Å². The molecule has 6 nitrogen and oxygen atoms in total. The van der Waals surface area contributed by atoms with Gasteiger partial charge in [0.25, 0.3) is 0 Å². The number of aliphatic imine (C=N–C) groups is 1. The van der Waals surface area contributed by atoms with E-state index in [1.54, 1.807) is 18.3 Å². The summed E-state index contributed by atoms with van der Waals surface area (Å²) in [7, 11) is 0. The Morgan fingerprint density at radius 2 is 2.07 bits per heavy atom. The van der Waals surface area contributed by atoms with E-state index in [-0.39, 0.29) is 5.91 Å². The first kappa shape index (κ1) is 17.6. The summed E-state index contributed by atoms with van der Waals surface area (Å²) in [5, 5.41) is 10.3. The minimum atomic E-state index is 0.107. The van der Waals surface area contributed by atoms with Crippen LogP contribution in [0.2, 0.25) is 5.02 Å². The largest absolute Gasteiger partial charge is 0.337 e. The number of carbonyl (C=O) groups excluding carboxylic acids is 1. The van der Waals surface area contributed by atoms with Crippen LogP contribution < -0.4 is 0 Å². The molecule has 4 heterocycles. The lowest BCUT2D eigenvalue weighted by molar-refractivity contribution is -0.129. The molecule has 28 heavy (non-hydrogen) atoms. The number of aromatic nitrogens is 3. The average Bonchev–Trinajstić information content (AvgIpc) is 3.18. The number of rotatable bonds is 1. The van der Waals surface area contributed by atoms with Gasteiger partial charge in [-0.3, -0.25) is 14.4 Å². The molecule has 0 spiro atoms. The quantitative estimate of drug-likeness (QED) is 0.615. The first-order chi connectivity index (χ1) is 13.5. The lowest BCUT2D eigenvalue weighted by Crippen LogP contribution is -2.33. The van der Waals surface area contributed by atoms with Crippen LogP contribution in [-0.2, 0) is 24.3 Å². The van der Waals surface area contributed by atoms with Crippen molar-refractivity contribution in [3.05, 3.63) is 62.5 Å². The zero-order valence-corrected chi connectivity index (χ0v) is 17.1. The van der Waals surface area contributed by atoms with Crippen LogP contribution in [0.5, 0.6) is 0 Å². The molecule has 0 saturated heterocycles. The van der Waals surface area contributed by atoms with Gasteiger partial charge in [0.1, 0.15) is 17.4 Å². The molecule has 2 aliphatic rings. The number of hydrogen-bond donors (Lipinski definition) is 0. The van der Waals surface area contributed by atoms with Gasteiger partial charge in [0, 0.05) is 34.5 Å². The van der Waals surface area contributed by atoms with Crippen LogP contribution >= 0.6 is 22.9 Å². The summed E-state index contributed by atoms with van der Waals surface area (Å²) < 4.78 is 2.10. The van der Waals surface area contributed by atoms with E-state index in [9.17, 15) is 4.79 Å². The monoisotopic (exact) mass is 411 g/mol. The number of halogens is 1. The third kappa shape index (κ3) is 2.61. The molecular formula is C20H18ClN5OS. The van der Waals surface area contributed by atoms with E-state index in [4.69, 9.17) is 16.6 Å². The van der Waals surface area contributed by atoms with Gasteiger partial charge in [0.15, 0.2) is 5.82 Å². The number of carbonyl (C=O) groups is 1. The van der Waals surface area contributed by atoms with Crippen molar-refractivity contribution < 1.29 is 4.79 Å². The predicted molar refractivity (Wildman–Crippen MR) is 110 cm³/mol. The zero-order valence-electron chi connectivity index (χ0n) is 15.6. The van der Waals surface area contributed by atoms with Gasteiger partial charge in [-0.25, -0.2) is 0 Å². The highest BCUT2D eigenvalue weighted by Crippen LogP contribution is 2.40. The van der Waals surface area contributed by atoms with Crippen molar-refractivity contribution in [2.75, 3.05) is 6.54 Å². The van der Waals surface area contributed by atoms with Crippen LogP contribution in [-0.4, -0.2) is 37.8 Å². The Morgan fingerprint density at radius 3 is 2.86 bits per heavy atom. The molecule has 0 N–H and O–H groups in total. The number of nitrogens with zero attached hydrogens (tertiary/aromatic N) is 5. The molecule has 0 fully saturated rings. The summed E-state index contributed by atoms with van der Waals surface area (Å²) in [4.78, 5) is 19.9. The van der Waals surface area contributed by atoms with E-state index in [2.05, 4.69) is 14.8 Å². The lowest BCUT2D eigenvalue weighted by Gasteiger charge is -2.26. The van der Waals surface area contributed by atoms with Gasteiger partial charge in [-0.15, -0.1) is 21.5 Å². The Morgan fingerprint density at radius 1 is 1.25 bits per heavy atom. The van der Waals surface area contributed by atoms with Crippen LogP contribution in [0, 0.1) is 6.92 Å². The summed E-state index contributed by atoms with van der Waals surface area (Å²) in [6.07, 6.45) is 0.806. The SMILES string of the molecule is CC(=O)N1CCc2c(sc3c2C(c2ccccc2Cl)=NCc2nnc(C)n2-3)C1. The van der Waals surface area contributed by atoms with E-state index in [1.165, 1.54) is 10.4 Å². The van der Waals surface area contributed by atoms with Crippen molar-refractivity contribution >= 4 is 34.6 Å². The molecule has 0 atom stereocenters. The third-order valence-electron chi connectivity index (χ3n) is 5.32. The summed E-state index contributed by atoms with van der Waals surface area (Å²) in [6.45, 7) is 5.39. The van der Waals surface area contributed by atoms with Crippen molar-refractivity contribution in [2.45, 2.75) is 33.4 Å². The molecule has 2 aliphatic heterocycles. The minimum absolute atomic E-state index is 0.107. The molecule has 8 heteroatoms. The fourth-order valence-corrected chi connectivity index (χ4v) is 5.59. The molecule has 1 aromatic carbocycles. The normalized spacial score (nSPS) is 15.4. The molecule has 142 valence electrons. The fraction of sp³-hybridized carbons (Fsp3) is 0.300. The molecular weight excluding hydrogens is 394 g/mol. The number of aryl methyl sites for hydroxylation is 1. The first-order valence-corrected chi connectivity index (χ1v) is 10.3. The Bertz CT molecular complexity index is 1150. The Kier molecular flexibility index (Phi) is 4.10. The van der Waals surface area contributed by atoms with Crippen LogP contribution in [0.4, 0.5) is 0 Å². The van der Waals surface area contributed by atoms with Gasteiger partial charge in [-0.2, -0.15) is 0 Å². The maximum atomic E-state index is 11.9. The Labute approximate surface area is 171 Å². The van der Waals surface area contributed by atoms with E-state index >= 15 is 0 Å². The second-order valence-electron chi connectivity index (χ2n) is 7.02. The second-order valence-corrected chi connectivity index (χ2v) is 8.51. The van der Waals surface area contributed by atoms with Gasteiger partial charge in [-0.1, -0.05) is 29.8 Å². The van der Waals surface area contributed by atoms with E-state index < -0.39 is 0 Å². The van der Waals surface area contributed by atoms with Crippen molar-refractivity contribution in [2.24, 2.45) is 4.99 Å². The molecule has 5 rings (SSSR count). The number of amides is 1. The summed E-state index contributed by atoms with van der Waals surface area (Å²) in [6, 6.07) is 7.82. The van der Waals surface area contributed by atoms with Crippen LogP contribution in [0.1, 0.15) is 40.1 Å². The second kappa shape index (κ2) is 6.53.